The molecule has 0 saturated carbocycles. The number of carbonyl (C=O) groups is 1. The number of anilines is 1. The van der Waals surface area contributed by atoms with E-state index in [0.717, 1.165) is 22.5 Å². The molecule has 1 fully saturated rings. The van der Waals surface area contributed by atoms with Gasteiger partial charge in [0, 0.05) is 25.3 Å². The van der Waals surface area contributed by atoms with Crippen molar-refractivity contribution in [2.45, 2.75) is 58.1 Å². The van der Waals surface area contributed by atoms with E-state index in [9.17, 15) is 14.9 Å². The summed E-state index contributed by atoms with van der Waals surface area (Å²) in [5.41, 5.74) is 2.31. The minimum atomic E-state index is -0.605. The third-order valence-electron chi connectivity index (χ3n) is 7.12. The Hall–Kier alpha value is -3.57. The molecule has 0 spiro atoms. The van der Waals surface area contributed by atoms with E-state index < -0.39 is 17.1 Å². The minimum Gasteiger partial charge on any atom is -0.444 e. The van der Waals surface area contributed by atoms with Gasteiger partial charge in [-0.1, -0.05) is 23.7 Å². The summed E-state index contributed by atoms with van der Waals surface area (Å²) >= 11 is 6.41. The van der Waals surface area contributed by atoms with Crippen molar-refractivity contribution >= 4 is 34.3 Å². The Kier molecular flexibility index (Phi) is 5.95. The van der Waals surface area contributed by atoms with Crippen LogP contribution in [0, 0.1) is 11.3 Å². The second-order valence-electron chi connectivity index (χ2n) is 11.2. The molecule has 1 aromatic heterocycles. The Bertz CT molecular complexity index is 1520. The van der Waals surface area contributed by atoms with Gasteiger partial charge >= 0.3 is 6.09 Å². The Labute approximate surface area is 221 Å². The number of piperazine rings is 1. The molecule has 37 heavy (non-hydrogen) atoms. The lowest BCUT2D eigenvalue weighted by Gasteiger charge is -2.42. The van der Waals surface area contributed by atoms with Crippen LogP contribution in [0.25, 0.3) is 16.6 Å². The third kappa shape index (κ3) is 4.21. The van der Waals surface area contributed by atoms with E-state index >= 15 is 0 Å². The van der Waals surface area contributed by atoms with Crippen molar-refractivity contribution in [3.8, 4) is 11.8 Å². The van der Waals surface area contributed by atoms with Crippen molar-refractivity contribution in [3.05, 3.63) is 63.2 Å². The Balaban J connectivity index is 1.54. The highest BCUT2D eigenvalue weighted by Gasteiger charge is 2.40. The van der Waals surface area contributed by atoms with Gasteiger partial charge in [-0.2, -0.15) is 10.2 Å². The topological polar surface area (TPSA) is 91.5 Å². The van der Waals surface area contributed by atoms with Crippen molar-refractivity contribution in [2.75, 3.05) is 24.5 Å². The summed E-state index contributed by atoms with van der Waals surface area (Å²) in [6.45, 7) is 11.2. The molecule has 3 aromatic rings. The van der Waals surface area contributed by atoms with Crippen LogP contribution in [0.2, 0.25) is 5.02 Å². The van der Waals surface area contributed by atoms with E-state index in [1.54, 1.807) is 11.0 Å². The number of hydrogen-bond acceptors (Lipinski definition) is 6. The van der Waals surface area contributed by atoms with Crippen LogP contribution >= 0.6 is 11.6 Å². The molecular weight excluding hydrogens is 490 g/mol. The Morgan fingerprint density at radius 2 is 2.00 bits per heavy atom. The van der Waals surface area contributed by atoms with Gasteiger partial charge in [0.05, 0.1) is 45.6 Å². The van der Waals surface area contributed by atoms with E-state index in [2.05, 4.69) is 48.0 Å². The van der Waals surface area contributed by atoms with Crippen molar-refractivity contribution < 1.29 is 9.53 Å². The van der Waals surface area contributed by atoms with E-state index in [0.29, 0.717) is 35.9 Å². The molecule has 0 bridgehead atoms. The summed E-state index contributed by atoms with van der Waals surface area (Å²) in [6.07, 6.45) is -0.180. The molecule has 0 aliphatic carbocycles. The van der Waals surface area contributed by atoms with Crippen LogP contribution < -0.4 is 10.5 Å². The summed E-state index contributed by atoms with van der Waals surface area (Å²) in [7, 11) is 0. The zero-order valence-corrected chi connectivity index (χ0v) is 22.5. The number of aromatic nitrogens is 2. The standard InChI is InChI=1S/C28H30ClN5O3/c1-27(2,3)37-26(36)33-14-13-32(16-18(33)11-12-30)17-9-10-19-22(15-17)34-21-8-6-7-20(29)23(21)24(35)31-25(34)28(19,4)5/h6-10,15,18H,11,13-14,16H2,1-5H3/t18-/m1/s1. The molecule has 2 aliphatic heterocycles. The van der Waals surface area contributed by atoms with Gasteiger partial charge < -0.3 is 14.5 Å². The van der Waals surface area contributed by atoms with Crippen molar-refractivity contribution in [3.63, 3.8) is 0 Å². The van der Waals surface area contributed by atoms with Crippen molar-refractivity contribution in [2.24, 2.45) is 0 Å². The highest BCUT2D eigenvalue weighted by molar-refractivity contribution is 6.35. The van der Waals surface area contributed by atoms with Crippen LogP contribution in [0.4, 0.5) is 10.5 Å². The fourth-order valence-electron chi connectivity index (χ4n) is 5.37. The van der Waals surface area contributed by atoms with Gasteiger partial charge in [0.15, 0.2) is 0 Å². The molecular formula is C28H30ClN5O3. The fourth-order valence-corrected chi connectivity index (χ4v) is 5.62. The summed E-state index contributed by atoms with van der Waals surface area (Å²) in [5.74, 6) is 0.677. The molecule has 1 atom stereocenters. The molecule has 1 saturated heterocycles. The number of rotatable bonds is 2. The molecule has 5 rings (SSSR count). The predicted octanol–water partition coefficient (Wildman–Crippen LogP) is 5.02. The van der Waals surface area contributed by atoms with Crippen LogP contribution in [0.3, 0.4) is 0 Å². The maximum absolute atomic E-state index is 12.9. The van der Waals surface area contributed by atoms with Gasteiger partial charge in [-0.05, 0) is 64.4 Å². The van der Waals surface area contributed by atoms with E-state index in [4.69, 9.17) is 16.3 Å². The molecule has 9 heteroatoms. The van der Waals surface area contributed by atoms with Crippen LogP contribution in [-0.4, -0.2) is 51.8 Å². The maximum Gasteiger partial charge on any atom is 0.410 e. The molecule has 2 aliphatic rings. The lowest BCUT2D eigenvalue weighted by molar-refractivity contribution is 0.0145. The number of benzene rings is 2. The number of fused-ring (bicyclic) bond motifs is 5. The average molecular weight is 520 g/mol. The largest absolute Gasteiger partial charge is 0.444 e. The second-order valence-corrected chi connectivity index (χ2v) is 11.6. The van der Waals surface area contributed by atoms with Gasteiger partial charge in [0.25, 0.3) is 5.56 Å². The van der Waals surface area contributed by atoms with Crippen molar-refractivity contribution in [1.82, 2.24) is 14.5 Å². The average Bonchev–Trinajstić information content (AvgIpc) is 3.04. The monoisotopic (exact) mass is 519 g/mol. The first-order chi connectivity index (χ1) is 17.4. The SMILES string of the molecule is CC(C)(C)OC(=O)N1CCN(c2ccc3c(c2)-n2c(nc(=O)c4c(Cl)cccc42)C3(C)C)C[C@H]1CC#N. The second kappa shape index (κ2) is 8.77. The zero-order chi connectivity index (χ0) is 26.7. The van der Waals surface area contributed by atoms with Gasteiger partial charge in [0.2, 0.25) is 0 Å². The first kappa shape index (κ1) is 25.1. The molecule has 8 nitrogen and oxygen atoms in total. The minimum absolute atomic E-state index is 0.213. The van der Waals surface area contributed by atoms with Gasteiger partial charge in [-0.15, -0.1) is 0 Å². The lowest BCUT2D eigenvalue weighted by atomic mass is 9.85. The zero-order valence-electron chi connectivity index (χ0n) is 21.7. The number of nitrogens with zero attached hydrogens (tertiary/aromatic N) is 5. The van der Waals surface area contributed by atoms with Gasteiger partial charge in [-0.25, -0.2) is 4.79 Å². The number of hydrogen-bond donors (Lipinski definition) is 0. The highest BCUT2D eigenvalue weighted by atomic mass is 35.5. The van der Waals surface area contributed by atoms with Gasteiger partial charge in [0.1, 0.15) is 11.4 Å². The quantitative estimate of drug-likeness (QED) is 0.472. The van der Waals surface area contributed by atoms with Crippen LogP contribution in [0.15, 0.2) is 41.2 Å². The Morgan fingerprint density at radius 3 is 2.70 bits per heavy atom. The first-order valence-corrected chi connectivity index (χ1v) is 12.8. The summed E-state index contributed by atoms with van der Waals surface area (Å²) in [5, 5.41) is 10.2. The molecule has 0 N–H and O–H groups in total. The fraction of sp³-hybridized carbons (Fsp3) is 0.429. The van der Waals surface area contributed by atoms with Crippen LogP contribution in [-0.2, 0) is 10.2 Å². The molecule has 1 amide bonds. The normalized spacial score (nSPS) is 18.4. The molecule has 2 aromatic carbocycles. The first-order valence-electron chi connectivity index (χ1n) is 12.4. The van der Waals surface area contributed by atoms with Crippen LogP contribution in [0.1, 0.15) is 52.4 Å². The Morgan fingerprint density at radius 1 is 1.24 bits per heavy atom. The number of ether oxygens (including phenoxy) is 1. The smallest absolute Gasteiger partial charge is 0.410 e. The number of amides is 1. The van der Waals surface area contributed by atoms with E-state index in [-0.39, 0.29) is 18.0 Å². The molecule has 3 heterocycles. The van der Waals surface area contributed by atoms with Gasteiger partial charge in [-0.3, -0.25) is 9.36 Å². The molecule has 0 radical (unpaired) electrons. The molecule has 192 valence electrons. The number of nitriles is 1. The maximum atomic E-state index is 12.9. The predicted molar refractivity (Wildman–Crippen MR) is 144 cm³/mol. The summed E-state index contributed by atoms with van der Waals surface area (Å²) < 4.78 is 7.62. The third-order valence-corrected chi connectivity index (χ3v) is 7.44. The summed E-state index contributed by atoms with van der Waals surface area (Å²) in [4.78, 5) is 34.0. The number of halogens is 1. The summed E-state index contributed by atoms with van der Waals surface area (Å²) in [6, 6.07) is 13.6. The number of carbonyl (C=O) groups excluding carboxylic acids is 1. The van der Waals surface area contributed by atoms with Crippen LogP contribution in [0.5, 0.6) is 0 Å². The highest BCUT2D eigenvalue weighted by Crippen LogP contribution is 2.44. The molecule has 0 unspecified atom stereocenters. The van der Waals surface area contributed by atoms with E-state index in [1.807, 2.05) is 37.5 Å². The van der Waals surface area contributed by atoms with Crippen molar-refractivity contribution in [1.29, 1.82) is 5.26 Å². The lowest BCUT2D eigenvalue weighted by Crippen LogP contribution is -2.56. The van der Waals surface area contributed by atoms with E-state index in [1.165, 1.54) is 0 Å².